The lowest BCUT2D eigenvalue weighted by Gasteiger charge is -2.30. The number of nitrogens with zero attached hydrogens (tertiary/aromatic N) is 6. The average Bonchev–Trinajstić information content (AvgIpc) is 3.21. The van der Waals surface area contributed by atoms with Gasteiger partial charge in [-0.3, -0.25) is 9.69 Å². The fourth-order valence-corrected chi connectivity index (χ4v) is 5.46. The minimum Gasteiger partial charge on any atom is -0.493 e. The molecular formula is C24H28N6O5S2. The molecule has 1 amide bonds. The Morgan fingerprint density at radius 1 is 1.00 bits per heavy atom. The minimum atomic E-state index is -0.0896. The minimum absolute atomic E-state index is 0.0896. The number of likely N-dealkylation sites (N-methyl/N-ethyl adjacent to an activating group) is 1. The van der Waals surface area contributed by atoms with Gasteiger partial charge in [-0.15, -0.1) is 0 Å². The molecule has 3 fully saturated rings. The molecular weight excluding hydrogens is 516 g/mol. The largest absolute Gasteiger partial charge is 0.493 e. The van der Waals surface area contributed by atoms with Crippen LogP contribution in [0.2, 0.25) is 0 Å². The van der Waals surface area contributed by atoms with Crippen LogP contribution >= 0.6 is 24.0 Å². The first kappa shape index (κ1) is 25.6. The summed E-state index contributed by atoms with van der Waals surface area (Å²) in [6.07, 6.45) is 1.80. The maximum Gasteiger partial charge on any atom is 0.328 e. The SMILES string of the molecule is CCN1C(=O)/C(=C\c2ccc(Oc3nc(N4CCOCC4)nc(N4CCOCC4)n3)c(OC)c2)SC1=S. The van der Waals surface area contributed by atoms with Crippen LogP contribution < -0.4 is 19.3 Å². The van der Waals surface area contributed by atoms with Crippen LogP contribution in [0.5, 0.6) is 17.5 Å². The van der Waals surface area contributed by atoms with Crippen LogP contribution in [0.25, 0.3) is 6.08 Å². The molecule has 11 nitrogen and oxygen atoms in total. The van der Waals surface area contributed by atoms with Gasteiger partial charge in [0.15, 0.2) is 11.5 Å². The quantitative estimate of drug-likeness (QED) is 0.378. The third kappa shape index (κ3) is 5.79. The summed E-state index contributed by atoms with van der Waals surface area (Å²) < 4.78 is 23.3. The van der Waals surface area contributed by atoms with E-state index in [4.69, 9.17) is 36.1 Å². The van der Waals surface area contributed by atoms with Gasteiger partial charge in [0.25, 0.3) is 5.91 Å². The van der Waals surface area contributed by atoms with Gasteiger partial charge in [-0.2, -0.15) is 15.0 Å². The zero-order valence-corrected chi connectivity index (χ0v) is 22.3. The molecule has 1 aromatic heterocycles. The number of carbonyl (C=O) groups excluding carboxylic acids is 1. The normalized spacial score (nSPS) is 19.6. The highest BCUT2D eigenvalue weighted by molar-refractivity contribution is 8.26. The molecule has 5 rings (SSSR count). The Morgan fingerprint density at radius 3 is 2.16 bits per heavy atom. The first-order chi connectivity index (χ1) is 18.1. The highest BCUT2D eigenvalue weighted by Crippen LogP contribution is 2.36. The van der Waals surface area contributed by atoms with Gasteiger partial charge in [0.05, 0.1) is 38.4 Å². The number of rotatable bonds is 7. The molecule has 2 aromatic rings. The first-order valence-corrected chi connectivity index (χ1v) is 13.3. The monoisotopic (exact) mass is 544 g/mol. The molecule has 0 saturated carbocycles. The lowest BCUT2D eigenvalue weighted by molar-refractivity contribution is -0.121. The highest BCUT2D eigenvalue weighted by Gasteiger charge is 2.30. The van der Waals surface area contributed by atoms with Crippen molar-refractivity contribution < 1.29 is 23.7 Å². The number of amides is 1. The third-order valence-electron chi connectivity index (χ3n) is 6.06. The van der Waals surface area contributed by atoms with Gasteiger partial charge in [-0.25, -0.2) is 0 Å². The number of hydrogen-bond acceptors (Lipinski definition) is 12. The maximum absolute atomic E-state index is 12.6. The Bertz CT molecular complexity index is 1160. The van der Waals surface area contributed by atoms with Gasteiger partial charge in [-0.05, 0) is 30.7 Å². The van der Waals surface area contributed by atoms with Crippen LogP contribution in [0.3, 0.4) is 0 Å². The van der Waals surface area contributed by atoms with E-state index < -0.39 is 0 Å². The van der Waals surface area contributed by atoms with Crippen molar-refractivity contribution in [3.05, 3.63) is 28.7 Å². The summed E-state index contributed by atoms with van der Waals surface area (Å²) in [7, 11) is 1.56. The number of thiocarbonyl (C=S) groups is 1. The summed E-state index contributed by atoms with van der Waals surface area (Å²) >= 11 is 6.60. The molecule has 3 saturated heterocycles. The molecule has 1 aromatic carbocycles. The number of carbonyl (C=O) groups is 1. The smallest absolute Gasteiger partial charge is 0.328 e. The van der Waals surface area contributed by atoms with Crippen molar-refractivity contribution in [2.24, 2.45) is 0 Å². The van der Waals surface area contributed by atoms with Gasteiger partial charge in [-0.1, -0.05) is 30.0 Å². The van der Waals surface area contributed by atoms with Crippen molar-refractivity contribution in [2.75, 3.05) is 76.1 Å². The Morgan fingerprint density at radius 2 is 1.62 bits per heavy atom. The van der Waals surface area contributed by atoms with E-state index in [1.54, 1.807) is 30.2 Å². The maximum atomic E-state index is 12.6. The number of benzene rings is 1. The van der Waals surface area contributed by atoms with Gasteiger partial charge in [0, 0.05) is 32.7 Å². The number of aromatic nitrogens is 3. The predicted octanol–water partition coefficient (Wildman–Crippen LogP) is 2.57. The van der Waals surface area contributed by atoms with Gasteiger partial charge < -0.3 is 28.7 Å². The molecule has 0 unspecified atom stereocenters. The molecule has 3 aliphatic rings. The van der Waals surface area contributed by atoms with Crippen molar-refractivity contribution in [2.45, 2.75) is 6.92 Å². The third-order valence-corrected chi connectivity index (χ3v) is 7.43. The average molecular weight is 545 g/mol. The van der Waals surface area contributed by atoms with E-state index in [0.29, 0.717) is 91.8 Å². The number of anilines is 2. The Hall–Kier alpha value is -3.00. The van der Waals surface area contributed by atoms with Crippen LogP contribution in [-0.2, 0) is 14.3 Å². The van der Waals surface area contributed by atoms with Crippen LogP contribution in [0.4, 0.5) is 11.9 Å². The number of morpholine rings is 2. The first-order valence-electron chi connectivity index (χ1n) is 12.1. The number of ether oxygens (including phenoxy) is 4. The van der Waals surface area contributed by atoms with Crippen molar-refractivity contribution in [3.63, 3.8) is 0 Å². The van der Waals surface area contributed by atoms with Gasteiger partial charge >= 0.3 is 6.01 Å². The second-order valence-corrected chi connectivity index (χ2v) is 10.0. The molecule has 37 heavy (non-hydrogen) atoms. The fraction of sp³-hybridized carbons (Fsp3) is 0.458. The fourth-order valence-electron chi connectivity index (χ4n) is 4.07. The molecule has 0 atom stereocenters. The summed E-state index contributed by atoms with van der Waals surface area (Å²) in [5.41, 5.74) is 0.791. The number of hydrogen-bond donors (Lipinski definition) is 0. The molecule has 0 N–H and O–H groups in total. The Kier molecular flexibility index (Phi) is 8.03. The van der Waals surface area contributed by atoms with Gasteiger partial charge in [0.2, 0.25) is 11.9 Å². The van der Waals surface area contributed by atoms with E-state index in [1.807, 2.05) is 13.0 Å². The lowest BCUT2D eigenvalue weighted by atomic mass is 10.2. The van der Waals surface area contributed by atoms with Crippen molar-refractivity contribution in [1.82, 2.24) is 19.9 Å². The summed E-state index contributed by atoms with van der Waals surface area (Å²) in [6, 6.07) is 5.61. The zero-order valence-electron chi connectivity index (χ0n) is 20.7. The van der Waals surface area contributed by atoms with E-state index in [0.717, 1.165) is 5.56 Å². The number of methoxy groups -OCH3 is 1. The summed E-state index contributed by atoms with van der Waals surface area (Å²) in [5.74, 6) is 1.94. The Balaban J connectivity index is 1.42. The summed E-state index contributed by atoms with van der Waals surface area (Å²) in [6.45, 7) is 7.65. The highest BCUT2D eigenvalue weighted by atomic mass is 32.2. The second-order valence-electron chi connectivity index (χ2n) is 8.36. The van der Waals surface area contributed by atoms with E-state index >= 15 is 0 Å². The predicted molar refractivity (Wildman–Crippen MR) is 145 cm³/mol. The molecule has 4 heterocycles. The van der Waals surface area contributed by atoms with Gasteiger partial charge in [0.1, 0.15) is 4.32 Å². The molecule has 0 aliphatic carbocycles. The van der Waals surface area contributed by atoms with Crippen LogP contribution in [0.1, 0.15) is 12.5 Å². The zero-order chi connectivity index (χ0) is 25.8. The summed E-state index contributed by atoms with van der Waals surface area (Å²) in [4.78, 5) is 32.8. The molecule has 0 bridgehead atoms. The molecule has 0 radical (unpaired) electrons. The lowest BCUT2D eigenvalue weighted by Crippen LogP contribution is -2.40. The topological polar surface area (TPSA) is 102 Å². The van der Waals surface area contributed by atoms with Crippen molar-refractivity contribution in [3.8, 4) is 17.5 Å². The van der Waals surface area contributed by atoms with Crippen molar-refractivity contribution >= 4 is 52.2 Å². The standard InChI is InChI=1S/C24H28N6O5S2/c1-3-30-20(31)19(37-24(30)36)15-16-4-5-17(18(14-16)32-2)35-23-26-21(28-6-10-33-11-7-28)25-22(27-23)29-8-12-34-13-9-29/h4-5,14-15H,3,6-13H2,1-2H3/b19-15+. The molecule has 0 spiro atoms. The van der Waals surface area contributed by atoms with Crippen LogP contribution in [0, 0.1) is 0 Å². The molecule has 196 valence electrons. The van der Waals surface area contributed by atoms with Crippen LogP contribution in [0.15, 0.2) is 23.1 Å². The number of thioether (sulfide) groups is 1. The van der Waals surface area contributed by atoms with E-state index in [2.05, 4.69) is 19.8 Å². The molecule has 13 heteroatoms. The van der Waals surface area contributed by atoms with Crippen molar-refractivity contribution in [1.29, 1.82) is 0 Å². The molecule has 3 aliphatic heterocycles. The van der Waals surface area contributed by atoms with Crippen LogP contribution in [-0.4, -0.2) is 96.3 Å². The van der Waals surface area contributed by atoms with E-state index in [1.165, 1.54) is 11.8 Å². The second kappa shape index (κ2) is 11.6. The summed E-state index contributed by atoms with van der Waals surface area (Å²) in [5, 5.41) is 0. The van der Waals surface area contributed by atoms with E-state index in [9.17, 15) is 4.79 Å². The van der Waals surface area contributed by atoms with E-state index in [-0.39, 0.29) is 11.9 Å². The Labute approximate surface area is 224 Å².